The lowest BCUT2D eigenvalue weighted by Crippen LogP contribution is -2.26. The number of nitrogens with zero attached hydrogens (tertiary/aromatic N) is 7. The lowest BCUT2D eigenvalue weighted by atomic mass is 9.93. The van der Waals surface area contributed by atoms with Crippen LogP contribution in [0.25, 0.3) is 22.3 Å². The molecule has 2 aliphatic heterocycles. The normalized spacial score (nSPS) is 33.2. The highest BCUT2D eigenvalue weighted by Crippen LogP contribution is 2.57. The molecule has 15 nitrogen and oxygen atoms in total. The molecule has 42 heavy (non-hydrogen) atoms. The Bertz CT molecular complexity index is 1720. The van der Waals surface area contributed by atoms with Crippen molar-refractivity contribution in [2.75, 3.05) is 18.1 Å². The van der Waals surface area contributed by atoms with Gasteiger partial charge in [0.2, 0.25) is 12.3 Å². The van der Waals surface area contributed by atoms with Crippen molar-refractivity contribution in [1.29, 1.82) is 0 Å². The van der Waals surface area contributed by atoms with Crippen LogP contribution < -0.4 is 17.0 Å². The van der Waals surface area contributed by atoms with Crippen molar-refractivity contribution in [1.82, 2.24) is 39.0 Å². The van der Waals surface area contributed by atoms with Gasteiger partial charge < -0.3 is 16.2 Å². The number of hydrogen-bond donors (Lipinski definition) is 4. The SMILES string of the molecule is CC1CCC[C@H]2[C@H](F)[C@H](n3cnc4c(N)ncnc43)O[C@@H]2COP(=O)(S)O[C@H](F)[C@H](n2cnc3c(=O)[nH]c(N)nc32)S1. The van der Waals surface area contributed by atoms with Gasteiger partial charge in [-0.3, -0.25) is 28.0 Å². The van der Waals surface area contributed by atoms with Crippen molar-refractivity contribution in [2.45, 2.75) is 61.7 Å². The van der Waals surface area contributed by atoms with Gasteiger partial charge in [0.1, 0.15) is 17.2 Å². The van der Waals surface area contributed by atoms with Crippen LogP contribution in [-0.2, 0) is 18.3 Å². The molecular formula is C22H27F2N10O5PS2. The smallest absolute Gasteiger partial charge is 0.382 e. The van der Waals surface area contributed by atoms with E-state index in [2.05, 4.69) is 42.2 Å². The van der Waals surface area contributed by atoms with E-state index in [9.17, 15) is 9.36 Å². The Hall–Kier alpha value is -2.83. The number of fused-ring (bicyclic) bond motifs is 3. The maximum Gasteiger partial charge on any atom is 0.388 e. The summed E-state index contributed by atoms with van der Waals surface area (Å²) in [5.41, 5.74) is 11.6. The number of H-pyrrole nitrogens is 1. The summed E-state index contributed by atoms with van der Waals surface area (Å²) in [6.45, 7) is -2.85. The molecule has 0 bridgehead atoms. The van der Waals surface area contributed by atoms with Crippen molar-refractivity contribution in [3.8, 4) is 0 Å². The molecule has 6 heterocycles. The largest absolute Gasteiger partial charge is 0.388 e. The molecule has 4 aromatic rings. The number of thioether (sulfide) groups is 1. The number of nitrogens with two attached hydrogens (primary N) is 2. The summed E-state index contributed by atoms with van der Waals surface area (Å²) < 4.78 is 64.4. The molecule has 2 fully saturated rings. The molecule has 0 amide bonds. The molecule has 4 aromatic heterocycles. The van der Waals surface area contributed by atoms with E-state index in [1.54, 1.807) is 0 Å². The fourth-order valence-electron chi connectivity index (χ4n) is 5.26. The highest BCUT2D eigenvalue weighted by Gasteiger charge is 2.47. The minimum absolute atomic E-state index is 0.0275. The maximum absolute atomic E-state index is 16.0. The Balaban J connectivity index is 1.27. The molecule has 226 valence electrons. The van der Waals surface area contributed by atoms with Crippen molar-refractivity contribution in [3.63, 3.8) is 0 Å². The number of anilines is 2. The summed E-state index contributed by atoms with van der Waals surface area (Å²) in [5, 5.41) is -1.37. The number of nitrogens with one attached hydrogen (secondary N) is 1. The minimum Gasteiger partial charge on any atom is -0.382 e. The zero-order chi connectivity index (χ0) is 29.8. The van der Waals surface area contributed by atoms with Gasteiger partial charge in [-0.1, -0.05) is 25.6 Å². The molecule has 0 spiro atoms. The monoisotopic (exact) mass is 644 g/mol. The first-order valence-electron chi connectivity index (χ1n) is 12.9. The molecule has 8 atom stereocenters. The maximum atomic E-state index is 16.0. The summed E-state index contributed by atoms with van der Waals surface area (Å²) in [7, 11) is 0. The van der Waals surface area contributed by atoms with Crippen LogP contribution in [0.15, 0.2) is 23.8 Å². The zero-order valence-electron chi connectivity index (χ0n) is 22.0. The average molecular weight is 645 g/mol. The van der Waals surface area contributed by atoms with Crippen LogP contribution in [-0.4, -0.2) is 69.5 Å². The summed E-state index contributed by atoms with van der Waals surface area (Å²) in [4.78, 5) is 35.0. The third kappa shape index (κ3) is 5.48. The Kier molecular flexibility index (Phi) is 7.90. The van der Waals surface area contributed by atoms with E-state index < -0.39 is 48.5 Å². The topological polar surface area (TPSA) is 204 Å². The second-order valence-electron chi connectivity index (χ2n) is 10.0. The van der Waals surface area contributed by atoms with Crippen molar-refractivity contribution < 1.29 is 27.1 Å². The number of aromatic amines is 1. The van der Waals surface area contributed by atoms with Crippen LogP contribution >= 0.6 is 30.8 Å². The molecule has 6 rings (SSSR count). The third-order valence-electron chi connectivity index (χ3n) is 7.24. The first-order valence-corrected chi connectivity index (χ1v) is 16.6. The quantitative estimate of drug-likeness (QED) is 0.183. The molecule has 2 saturated heterocycles. The van der Waals surface area contributed by atoms with Crippen LogP contribution in [0.1, 0.15) is 37.8 Å². The predicted octanol–water partition coefficient (Wildman–Crippen LogP) is 3.15. The lowest BCUT2D eigenvalue weighted by molar-refractivity contribution is -0.0394. The van der Waals surface area contributed by atoms with E-state index in [4.69, 9.17) is 25.3 Å². The van der Waals surface area contributed by atoms with Crippen LogP contribution in [0.5, 0.6) is 0 Å². The van der Waals surface area contributed by atoms with Gasteiger partial charge in [-0.2, -0.15) is 4.98 Å². The number of thiol groups is 1. The van der Waals surface area contributed by atoms with Gasteiger partial charge in [-0.25, -0.2) is 33.3 Å². The Labute approximate surface area is 245 Å². The number of alkyl halides is 2. The number of imidazole rings is 2. The van der Waals surface area contributed by atoms with Crippen molar-refractivity contribution in [2.24, 2.45) is 5.92 Å². The molecule has 5 N–H and O–H groups in total. The first kappa shape index (κ1) is 29.3. The average Bonchev–Trinajstić information content (AvgIpc) is 3.62. The van der Waals surface area contributed by atoms with E-state index in [1.165, 1.54) is 28.1 Å². The fourth-order valence-corrected chi connectivity index (χ4v) is 7.82. The van der Waals surface area contributed by atoms with Gasteiger partial charge in [-0.05, 0) is 12.8 Å². The fraction of sp³-hybridized carbons (Fsp3) is 0.545. The number of ether oxygens (including phenoxy) is 1. The van der Waals surface area contributed by atoms with Gasteiger partial charge in [0, 0.05) is 11.2 Å². The second-order valence-corrected chi connectivity index (χ2v) is 14.5. The number of hydrogen-bond acceptors (Lipinski definition) is 13. The van der Waals surface area contributed by atoms with E-state index in [0.29, 0.717) is 30.4 Å². The van der Waals surface area contributed by atoms with Crippen LogP contribution in [0.4, 0.5) is 20.5 Å². The number of aromatic nitrogens is 8. The second kappa shape index (κ2) is 11.3. The molecule has 20 heteroatoms. The Morgan fingerprint density at radius 2 is 1.88 bits per heavy atom. The molecule has 2 unspecified atom stereocenters. The number of nitrogen functional groups attached to an aromatic ring is 2. The molecule has 2 aliphatic rings. The highest BCUT2D eigenvalue weighted by atomic mass is 32.7. The van der Waals surface area contributed by atoms with Crippen LogP contribution in [0.2, 0.25) is 0 Å². The summed E-state index contributed by atoms with van der Waals surface area (Å²) in [6, 6.07) is 0. The van der Waals surface area contributed by atoms with Crippen LogP contribution in [0, 0.1) is 5.92 Å². The summed E-state index contributed by atoms with van der Waals surface area (Å²) in [6.07, 6.45) is -0.334. The summed E-state index contributed by atoms with van der Waals surface area (Å²) in [5.74, 6) is -0.695. The van der Waals surface area contributed by atoms with Gasteiger partial charge in [0.15, 0.2) is 35.0 Å². The lowest BCUT2D eigenvalue weighted by Gasteiger charge is -2.26. The highest BCUT2D eigenvalue weighted by molar-refractivity contribution is 8.44. The molecular weight excluding hydrogens is 617 g/mol. The Morgan fingerprint density at radius 1 is 1.12 bits per heavy atom. The van der Waals surface area contributed by atoms with Crippen LogP contribution in [0.3, 0.4) is 0 Å². The molecule has 0 aliphatic carbocycles. The first-order chi connectivity index (χ1) is 20.0. The van der Waals surface area contributed by atoms with Gasteiger partial charge in [0.05, 0.1) is 25.4 Å². The van der Waals surface area contributed by atoms with Crippen molar-refractivity contribution >= 4 is 64.9 Å². The number of rotatable bonds is 2. The predicted molar refractivity (Wildman–Crippen MR) is 153 cm³/mol. The third-order valence-corrected chi connectivity index (χ3v) is 10.2. The molecule has 0 radical (unpaired) electrons. The van der Waals surface area contributed by atoms with Gasteiger partial charge in [-0.15, -0.1) is 11.8 Å². The van der Waals surface area contributed by atoms with E-state index in [-0.39, 0.29) is 34.8 Å². The number of halogens is 2. The van der Waals surface area contributed by atoms with Gasteiger partial charge in [0.25, 0.3) is 5.56 Å². The van der Waals surface area contributed by atoms with E-state index >= 15 is 8.78 Å². The Morgan fingerprint density at radius 3 is 2.69 bits per heavy atom. The van der Waals surface area contributed by atoms with E-state index in [0.717, 1.165) is 11.8 Å². The molecule has 0 saturated carbocycles. The van der Waals surface area contributed by atoms with Crippen molar-refractivity contribution in [3.05, 3.63) is 29.3 Å². The standard InChI is InChI=1S/C22H27F2N10O5PS2/c1-9-3-2-4-10-11(38-20(12(10)23)33-7-29-13-16(25)27-6-28-17(13)33)5-37-40(36,41)39-15(24)21(42-9)34-8-30-14-18(34)31-22(26)32-19(14)35/h6-12,15,20-21H,2-5H2,1H3,(H,36,41)(H2,25,27,28)(H3,26,31,32,35)/t9?,10-,11-,12+,15+,20-,21-,40?/m1/s1. The minimum atomic E-state index is -4.34. The summed E-state index contributed by atoms with van der Waals surface area (Å²) >= 11 is 5.12. The zero-order valence-corrected chi connectivity index (χ0v) is 24.6. The van der Waals surface area contributed by atoms with E-state index in [1.807, 2.05) is 6.92 Å². The van der Waals surface area contributed by atoms with Gasteiger partial charge >= 0.3 is 6.80 Å². The molecule has 0 aromatic carbocycles.